The summed E-state index contributed by atoms with van der Waals surface area (Å²) in [5.74, 6) is 1.24. The SMILES string of the molecule is O=C=C1CN(Cc2ccccc2)C(=O)C(CC(=O)Nc2ccc(Cl)cc2)N1. The molecule has 0 aromatic heterocycles. The molecule has 1 atom stereocenters. The van der Waals surface area contributed by atoms with Crippen LogP contribution in [0.3, 0.4) is 0 Å². The summed E-state index contributed by atoms with van der Waals surface area (Å²) in [6.07, 6.45) is -0.0993. The van der Waals surface area contributed by atoms with E-state index in [2.05, 4.69) is 10.6 Å². The largest absolute Gasteiger partial charge is 0.366 e. The van der Waals surface area contributed by atoms with Gasteiger partial charge in [0.05, 0.1) is 13.0 Å². The molecule has 2 amide bonds. The number of rotatable bonds is 5. The number of carbonyl (C=O) groups excluding carboxylic acids is 3. The highest BCUT2D eigenvalue weighted by atomic mass is 35.5. The Labute approximate surface area is 161 Å². The van der Waals surface area contributed by atoms with Crippen molar-refractivity contribution in [3.05, 3.63) is 70.9 Å². The lowest BCUT2D eigenvalue weighted by molar-refractivity contribution is -0.137. The molecule has 2 N–H and O–H groups in total. The molecule has 1 saturated heterocycles. The van der Waals surface area contributed by atoms with Crippen molar-refractivity contribution in [3.63, 3.8) is 0 Å². The summed E-state index contributed by atoms with van der Waals surface area (Å²) in [7, 11) is 0. The number of hydrogen-bond acceptors (Lipinski definition) is 4. The molecule has 1 heterocycles. The van der Waals surface area contributed by atoms with E-state index < -0.39 is 6.04 Å². The highest BCUT2D eigenvalue weighted by molar-refractivity contribution is 6.30. The van der Waals surface area contributed by atoms with Crippen LogP contribution in [0.15, 0.2) is 60.3 Å². The molecule has 2 aromatic carbocycles. The van der Waals surface area contributed by atoms with Gasteiger partial charge in [-0.1, -0.05) is 41.9 Å². The van der Waals surface area contributed by atoms with Gasteiger partial charge in [0.2, 0.25) is 11.8 Å². The quantitative estimate of drug-likeness (QED) is 0.777. The number of nitrogens with one attached hydrogen (secondary N) is 2. The van der Waals surface area contributed by atoms with Gasteiger partial charge in [0.15, 0.2) is 0 Å². The van der Waals surface area contributed by atoms with E-state index in [1.807, 2.05) is 36.3 Å². The van der Waals surface area contributed by atoms with Gasteiger partial charge >= 0.3 is 0 Å². The standard InChI is InChI=1S/C20H18ClN3O3/c21-15-6-8-16(9-7-15)23-19(26)10-18-20(27)24(12-17(13-25)22-18)11-14-4-2-1-3-5-14/h1-9,18,22H,10-12H2,(H,23,26). The lowest BCUT2D eigenvalue weighted by Gasteiger charge is -2.33. The Morgan fingerprint density at radius 1 is 1.19 bits per heavy atom. The third kappa shape index (κ3) is 4.97. The second-order valence-corrected chi connectivity index (χ2v) is 6.65. The van der Waals surface area contributed by atoms with Crippen LogP contribution in [0, 0.1) is 0 Å². The predicted octanol–water partition coefficient (Wildman–Crippen LogP) is 2.38. The zero-order chi connectivity index (χ0) is 19.2. The van der Waals surface area contributed by atoms with Gasteiger partial charge in [0, 0.05) is 17.3 Å². The molecule has 1 aliphatic heterocycles. The van der Waals surface area contributed by atoms with E-state index in [9.17, 15) is 14.4 Å². The van der Waals surface area contributed by atoms with Crippen LogP contribution >= 0.6 is 11.6 Å². The summed E-state index contributed by atoms with van der Waals surface area (Å²) in [4.78, 5) is 37.7. The Morgan fingerprint density at radius 3 is 2.56 bits per heavy atom. The van der Waals surface area contributed by atoms with Crippen molar-refractivity contribution in [3.8, 4) is 0 Å². The second kappa shape index (κ2) is 8.54. The van der Waals surface area contributed by atoms with Crippen molar-refractivity contribution in [2.24, 2.45) is 0 Å². The molecular weight excluding hydrogens is 366 g/mol. The molecule has 3 rings (SSSR count). The van der Waals surface area contributed by atoms with Crippen molar-refractivity contribution in [1.82, 2.24) is 10.2 Å². The normalized spacial score (nSPS) is 16.5. The maximum absolute atomic E-state index is 12.7. The number of carbonyl (C=O) groups is 2. The van der Waals surface area contributed by atoms with Gasteiger partial charge in [0.1, 0.15) is 17.7 Å². The Morgan fingerprint density at radius 2 is 1.89 bits per heavy atom. The van der Waals surface area contributed by atoms with Gasteiger partial charge in [-0.15, -0.1) is 0 Å². The van der Waals surface area contributed by atoms with Crippen molar-refractivity contribution in [2.75, 3.05) is 11.9 Å². The Balaban J connectivity index is 1.67. The van der Waals surface area contributed by atoms with Crippen molar-refractivity contribution in [2.45, 2.75) is 19.0 Å². The monoisotopic (exact) mass is 383 g/mol. The highest BCUT2D eigenvalue weighted by Gasteiger charge is 2.32. The summed E-state index contributed by atoms with van der Waals surface area (Å²) >= 11 is 5.83. The molecule has 0 saturated carbocycles. The maximum Gasteiger partial charge on any atom is 0.246 e. The van der Waals surface area contributed by atoms with Crippen LogP contribution in [-0.2, 0) is 20.9 Å². The van der Waals surface area contributed by atoms with Crippen LogP contribution in [0.5, 0.6) is 0 Å². The van der Waals surface area contributed by atoms with Gasteiger partial charge in [0.25, 0.3) is 0 Å². The molecule has 0 aliphatic carbocycles. The van der Waals surface area contributed by atoms with Gasteiger partial charge in [-0.3, -0.25) is 9.59 Å². The highest BCUT2D eigenvalue weighted by Crippen LogP contribution is 2.16. The van der Waals surface area contributed by atoms with Gasteiger partial charge < -0.3 is 15.5 Å². The topological polar surface area (TPSA) is 78.5 Å². The average molecular weight is 384 g/mol. The van der Waals surface area contributed by atoms with Crippen LogP contribution in [0.1, 0.15) is 12.0 Å². The van der Waals surface area contributed by atoms with Gasteiger partial charge in [-0.05, 0) is 29.8 Å². The molecule has 0 bridgehead atoms. The number of nitrogens with zero attached hydrogens (tertiary/aromatic N) is 1. The molecule has 0 spiro atoms. The molecular formula is C20H18ClN3O3. The molecule has 2 aromatic rings. The van der Waals surface area contributed by atoms with E-state index in [1.165, 1.54) is 0 Å². The summed E-state index contributed by atoms with van der Waals surface area (Å²) in [5.41, 5.74) is 1.79. The van der Waals surface area contributed by atoms with Crippen molar-refractivity contribution < 1.29 is 14.4 Å². The smallest absolute Gasteiger partial charge is 0.246 e. The van der Waals surface area contributed by atoms with Crippen LogP contribution < -0.4 is 10.6 Å². The Kier molecular flexibility index (Phi) is 5.91. The minimum absolute atomic E-state index is 0.0993. The lowest BCUT2D eigenvalue weighted by Crippen LogP contribution is -2.54. The first-order chi connectivity index (χ1) is 13.0. The number of piperazine rings is 1. The zero-order valence-corrected chi connectivity index (χ0v) is 15.2. The third-order valence-corrected chi connectivity index (χ3v) is 4.42. The van der Waals surface area contributed by atoms with Crippen LogP contribution in [0.2, 0.25) is 5.02 Å². The zero-order valence-electron chi connectivity index (χ0n) is 14.4. The van der Waals surface area contributed by atoms with Crippen LogP contribution in [0.25, 0.3) is 0 Å². The van der Waals surface area contributed by atoms with E-state index in [0.29, 0.717) is 17.3 Å². The molecule has 7 heteroatoms. The van der Waals surface area contributed by atoms with Crippen molar-refractivity contribution in [1.29, 1.82) is 0 Å². The van der Waals surface area contributed by atoms with Crippen LogP contribution in [0.4, 0.5) is 5.69 Å². The maximum atomic E-state index is 12.7. The van der Waals surface area contributed by atoms with E-state index in [4.69, 9.17) is 11.6 Å². The molecule has 1 fully saturated rings. The second-order valence-electron chi connectivity index (χ2n) is 6.22. The average Bonchev–Trinajstić information content (AvgIpc) is 2.67. The molecule has 0 radical (unpaired) electrons. The first-order valence-electron chi connectivity index (χ1n) is 8.44. The Bertz CT molecular complexity index is 877. The fourth-order valence-electron chi connectivity index (χ4n) is 2.88. The van der Waals surface area contributed by atoms with Crippen LogP contribution in [-0.4, -0.2) is 35.2 Å². The summed E-state index contributed by atoms with van der Waals surface area (Å²) in [6.45, 7) is 0.508. The number of halogens is 1. The molecule has 1 unspecified atom stereocenters. The van der Waals surface area contributed by atoms with Gasteiger partial charge in [-0.2, -0.15) is 0 Å². The number of anilines is 1. The van der Waals surface area contributed by atoms with Crippen molar-refractivity contribution >= 4 is 35.0 Å². The number of benzene rings is 2. The molecule has 6 nitrogen and oxygen atoms in total. The first kappa shape index (κ1) is 18.7. The molecule has 1 aliphatic rings. The fraction of sp³-hybridized carbons (Fsp3) is 0.200. The fourth-order valence-corrected chi connectivity index (χ4v) is 3.00. The van der Waals surface area contributed by atoms with Gasteiger partial charge in [-0.25, -0.2) is 4.79 Å². The number of hydrogen-bond donors (Lipinski definition) is 2. The third-order valence-electron chi connectivity index (χ3n) is 4.16. The summed E-state index contributed by atoms with van der Waals surface area (Å²) < 4.78 is 0. The summed E-state index contributed by atoms with van der Waals surface area (Å²) in [6, 6.07) is 15.3. The molecule has 138 valence electrons. The Hall–Kier alpha value is -3.08. The first-order valence-corrected chi connectivity index (χ1v) is 8.81. The minimum Gasteiger partial charge on any atom is -0.366 e. The molecule has 27 heavy (non-hydrogen) atoms. The minimum atomic E-state index is -0.814. The van der Waals surface area contributed by atoms with E-state index >= 15 is 0 Å². The number of amides is 2. The summed E-state index contributed by atoms with van der Waals surface area (Å²) in [5, 5.41) is 6.10. The lowest BCUT2D eigenvalue weighted by atomic mass is 10.1. The van der Waals surface area contributed by atoms with E-state index in [1.54, 1.807) is 29.2 Å². The predicted molar refractivity (Wildman–Crippen MR) is 103 cm³/mol. The van der Waals surface area contributed by atoms with E-state index in [-0.39, 0.29) is 30.5 Å². The van der Waals surface area contributed by atoms with E-state index in [0.717, 1.165) is 5.56 Å².